The molecule has 0 spiro atoms. The number of aromatic nitrogens is 4. The average Bonchev–Trinajstić information content (AvgIpc) is 3.60. The fourth-order valence-electron chi connectivity index (χ4n) is 5.74. The highest BCUT2D eigenvalue weighted by Crippen LogP contribution is 2.46. The molecule has 0 aliphatic carbocycles. The maximum atomic E-state index is 13.4. The Hall–Kier alpha value is -5.50. The van der Waals surface area contributed by atoms with E-state index in [4.69, 9.17) is 9.05 Å². The highest BCUT2D eigenvalue weighted by Gasteiger charge is 2.36. The van der Waals surface area contributed by atoms with E-state index in [0.717, 1.165) is 37.3 Å². The van der Waals surface area contributed by atoms with Crippen LogP contribution in [0.4, 0.5) is 0 Å². The SMILES string of the molecule is Cc1noc2c(C(c3ccccc3)c3c(-c4ccccc4)c[n+]([O-])c4c(C)noc34)c(-c3ccccc3)c[n+]([O-])c12. The van der Waals surface area contributed by atoms with Gasteiger partial charge in [-0.2, -0.15) is 9.46 Å². The molecule has 41 heavy (non-hydrogen) atoms. The minimum atomic E-state index is -0.534. The van der Waals surface area contributed by atoms with Crippen LogP contribution >= 0.6 is 0 Å². The van der Waals surface area contributed by atoms with Crippen molar-refractivity contribution in [1.82, 2.24) is 10.3 Å². The standard InChI is InChI=1S/C33H24N4O4/c1-20-30-32(40-34-20)28(25(18-36(30)38)22-12-6-3-7-13-22)27(24-16-10-5-11-17-24)29-26(23-14-8-4-9-15-23)19-37(39)31-21(2)35-41-33(29)31/h3-19,27H,1-2H3. The molecule has 0 fully saturated rings. The molecular formula is C33H24N4O4. The van der Waals surface area contributed by atoms with Crippen LogP contribution in [-0.4, -0.2) is 10.3 Å². The largest absolute Gasteiger partial charge is 0.618 e. The van der Waals surface area contributed by atoms with Gasteiger partial charge >= 0.3 is 0 Å². The van der Waals surface area contributed by atoms with Gasteiger partial charge in [0.2, 0.25) is 11.2 Å². The summed E-state index contributed by atoms with van der Waals surface area (Å²) in [5, 5.41) is 35.2. The van der Waals surface area contributed by atoms with Gasteiger partial charge in [0.05, 0.1) is 11.1 Å². The number of benzene rings is 3. The van der Waals surface area contributed by atoms with E-state index in [9.17, 15) is 10.4 Å². The molecule has 0 amide bonds. The smallest absolute Gasteiger partial charge is 0.287 e. The second-order valence-corrected chi connectivity index (χ2v) is 10.0. The van der Waals surface area contributed by atoms with Crippen molar-refractivity contribution in [3.05, 3.63) is 142 Å². The average molecular weight is 541 g/mol. The molecule has 7 aromatic rings. The van der Waals surface area contributed by atoms with Crippen LogP contribution < -0.4 is 9.46 Å². The van der Waals surface area contributed by atoms with Crippen molar-refractivity contribution in [2.24, 2.45) is 0 Å². The monoisotopic (exact) mass is 540 g/mol. The van der Waals surface area contributed by atoms with Gasteiger partial charge in [0.15, 0.2) is 23.8 Å². The topological polar surface area (TPSA) is 106 Å². The molecule has 0 aliphatic heterocycles. The van der Waals surface area contributed by atoms with Crippen molar-refractivity contribution in [2.75, 3.05) is 0 Å². The Kier molecular flexibility index (Phi) is 5.75. The Labute approximate surface area is 234 Å². The lowest BCUT2D eigenvalue weighted by molar-refractivity contribution is -0.576. The first-order valence-electron chi connectivity index (χ1n) is 13.2. The van der Waals surface area contributed by atoms with Gasteiger partial charge in [-0.15, -0.1) is 0 Å². The lowest BCUT2D eigenvalue weighted by Gasteiger charge is -2.23. The predicted molar refractivity (Wildman–Crippen MR) is 154 cm³/mol. The molecule has 200 valence electrons. The minimum Gasteiger partial charge on any atom is -0.618 e. The second-order valence-electron chi connectivity index (χ2n) is 10.0. The van der Waals surface area contributed by atoms with Gasteiger partial charge in [-0.1, -0.05) is 101 Å². The maximum absolute atomic E-state index is 13.4. The molecule has 3 aromatic carbocycles. The summed E-state index contributed by atoms with van der Waals surface area (Å²) in [7, 11) is 0. The summed E-state index contributed by atoms with van der Waals surface area (Å²) in [5.41, 5.74) is 7.83. The molecule has 0 unspecified atom stereocenters. The van der Waals surface area contributed by atoms with E-state index < -0.39 is 5.92 Å². The van der Waals surface area contributed by atoms with E-state index in [0.29, 0.717) is 44.7 Å². The first-order chi connectivity index (χ1) is 20.0. The number of aryl methyl sites for hydroxylation is 2. The molecule has 0 atom stereocenters. The third-order valence-electron chi connectivity index (χ3n) is 7.55. The van der Waals surface area contributed by atoms with Crippen molar-refractivity contribution in [1.29, 1.82) is 0 Å². The highest BCUT2D eigenvalue weighted by atomic mass is 16.5. The van der Waals surface area contributed by atoms with E-state index in [1.54, 1.807) is 26.2 Å². The Morgan fingerprint density at radius 1 is 0.585 bits per heavy atom. The van der Waals surface area contributed by atoms with E-state index in [1.165, 1.54) is 0 Å². The molecule has 8 heteroatoms. The van der Waals surface area contributed by atoms with E-state index in [-0.39, 0.29) is 0 Å². The van der Waals surface area contributed by atoms with E-state index >= 15 is 0 Å². The molecule has 0 radical (unpaired) electrons. The zero-order valence-corrected chi connectivity index (χ0v) is 22.3. The fourth-order valence-corrected chi connectivity index (χ4v) is 5.74. The van der Waals surface area contributed by atoms with Crippen LogP contribution in [0.2, 0.25) is 0 Å². The van der Waals surface area contributed by atoms with Gasteiger partial charge in [-0.25, -0.2) is 0 Å². The van der Waals surface area contributed by atoms with Gasteiger partial charge in [-0.3, -0.25) is 0 Å². The summed E-state index contributed by atoms with van der Waals surface area (Å²) in [6.07, 6.45) is 3.16. The molecule has 7 rings (SSSR count). The third kappa shape index (κ3) is 3.91. The molecule has 0 N–H and O–H groups in total. The molecule has 0 saturated carbocycles. The Morgan fingerprint density at radius 3 is 1.39 bits per heavy atom. The molecule has 8 nitrogen and oxygen atoms in total. The van der Waals surface area contributed by atoms with E-state index in [1.807, 2.05) is 91.0 Å². The first kappa shape index (κ1) is 24.5. The summed E-state index contributed by atoms with van der Waals surface area (Å²) >= 11 is 0. The number of fused-ring (bicyclic) bond motifs is 2. The summed E-state index contributed by atoms with van der Waals surface area (Å²) in [5.74, 6) is -0.534. The Bertz CT molecular complexity index is 1910. The van der Waals surface area contributed by atoms with Crippen molar-refractivity contribution >= 4 is 22.2 Å². The number of pyridine rings is 2. The lowest BCUT2D eigenvalue weighted by atomic mass is 9.78. The summed E-state index contributed by atoms with van der Waals surface area (Å²) in [6.45, 7) is 3.50. The molecule has 0 bridgehead atoms. The highest BCUT2D eigenvalue weighted by molar-refractivity contribution is 5.90. The second kappa shape index (κ2) is 9.60. The van der Waals surface area contributed by atoms with Crippen LogP contribution in [0.1, 0.15) is 34.0 Å². The summed E-state index contributed by atoms with van der Waals surface area (Å²) < 4.78 is 13.5. The van der Waals surface area contributed by atoms with Crippen LogP contribution in [0.15, 0.2) is 112 Å². The predicted octanol–water partition coefficient (Wildman–Crippen LogP) is 6.37. The van der Waals surface area contributed by atoms with Gasteiger partial charge in [0, 0.05) is 17.0 Å². The molecular weight excluding hydrogens is 516 g/mol. The zero-order chi connectivity index (χ0) is 28.1. The van der Waals surface area contributed by atoms with Crippen LogP contribution in [0.3, 0.4) is 0 Å². The van der Waals surface area contributed by atoms with E-state index in [2.05, 4.69) is 10.3 Å². The first-order valence-corrected chi connectivity index (χ1v) is 13.2. The quantitative estimate of drug-likeness (QED) is 0.186. The number of hydrogen-bond acceptors (Lipinski definition) is 6. The summed E-state index contributed by atoms with van der Waals surface area (Å²) in [4.78, 5) is 0. The Balaban J connectivity index is 1.69. The zero-order valence-electron chi connectivity index (χ0n) is 22.3. The molecule has 0 aliphatic rings. The third-order valence-corrected chi connectivity index (χ3v) is 7.55. The lowest BCUT2D eigenvalue weighted by Crippen LogP contribution is -2.29. The van der Waals surface area contributed by atoms with Gasteiger partial charge in [-0.05, 0) is 30.5 Å². The van der Waals surface area contributed by atoms with Crippen molar-refractivity contribution < 1.29 is 18.5 Å². The number of rotatable bonds is 5. The van der Waals surface area contributed by atoms with Crippen LogP contribution in [0, 0.1) is 24.3 Å². The van der Waals surface area contributed by atoms with Gasteiger partial charge in [0.25, 0.3) is 11.0 Å². The van der Waals surface area contributed by atoms with Gasteiger partial charge < -0.3 is 19.5 Å². The van der Waals surface area contributed by atoms with Crippen molar-refractivity contribution in [3.63, 3.8) is 0 Å². The Morgan fingerprint density at radius 2 is 0.976 bits per heavy atom. The number of hydrogen-bond donors (Lipinski definition) is 0. The van der Waals surface area contributed by atoms with Crippen LogP contribution in [-0.2, 0) is 0 Å². The van der Waals surface area contributed by atoms with Crippen molar-refractivity contribution in [2.45, 2.75) is 19.8 Å². The van der Waals surface area contributed by atoms with Crippen LogP contribution in [0.25, 0.3) is 44.5 Å². The summed E-state index contributed by atoms with van der Waals surface area (Å²) in [6, 6.07) is 29.3. The minimum absolute atomic E-state index is 0.349. The van der Waals surface area contributed by atoms with Crippen molar-refractivity contribution in [3.8, 4) is 22.3 Å². The molecule has 4 aromatic heterocycles. The normalized spacial score (nSPS) is 11.6. The number of nitrogens with zero attached hydrogens (tertiary/aromatic N) is 4. The molecule has 4 heterocycles. The fraction of sp³-hybridized carbons (Fsp3) is 0.0909. The molecule has 0 saturated heterocycles. The van der Waals surface area contributed by atoms with Crippen LogP contribution in [0.5, 0.6) is 0 Å². The van der Waals surface area contributed by atoms with Gasteiger partial charge in [0.1, 0.15) is 0 Å². The maximum Gasteiger partial charge on any atom is 0.287 e.